The lowest BCUT2D eigenvalue weighted by Gasteiger charge is -2.15. The van der Waals surface area contributed by atoms with Crippen LogP contribution in [-0.4, -0.2) is 29.1 Å². The van der Waals surface area contributed by atoms with Crippen LogP contribution < -0.4 is 0 Å². The first-order valence-corrected chi connectivity index (χ1v) is 32.0. The average Bonchev–Trinajstić information content (AvgIpc) is 1.55. The van der Waals surface area contributed by atoms with Gasteiger partial charge in [0.2, 0.25) is 5.71 Å². The van der Waals surface area contributed by atoms with E-state index in [1.54, 1.807) is 11.3 Å². The van der Waals surface area contributed by atoms with Crippen LogP contribution in [0.15, 0.2) is 283 Å². The number of benzene rings is 14. The Morgan fingerprint density at radius 2 is 0.674 bits per heavy atom. The van der Waals surface area contributed by atoms with Crippen molar-refractivity contribution in [1.29, 1.82) is 0 Å². The summed E-state index contributed by atoms with van der Waals surface area (Å²) in [5.74, 6) is 1.64. The lowest BCUT2D eigenvalue weighted by Crippen LogP contribution is -2.03. The van der Waals surface area contributed by atoms with E-state index in [0.29, 0.717) is 5.71 Å². The summed E-state index contributed by atoms with van der Waals surface area (Å²) in [7, 11) is 0. The monoisotopic (exact) mass is 1190 g/mol. The van der Waals surface area contributed by atoms with Crippen LogP contribution in [0.2, 0.25) is 0 Å². The first-order valence-electron chi connectivity index (χ1n) is 31.2. The number of hydrogen-bond donors (Lipinski definition) is 0. The van der Waals surface area contributed by atoms with Gasteiger partial charge in [-0.05, 0) is 142 Å². The molecule has 0 spiro atoms. The van der Waals surface area contributed by atoms with Gasteiger partial charge in [-0.15, -0.1) is 11.3 Å². The zero-order valence-electron chi connectivity index (χ0n) is 49.1. The van der Waals surface area contributed by atoms with Gasteiger partial charge in [-0.3, -0.25) is 9.13 Å². The van der Waals surface area contributed by atoms with Crippen LogP contribution >= 0.6 is 11.3 Å². The smallest absolute Gasteiger partial charge is 0.247 e. The summed E-state index contributed by atoms with van der Waals surface area (Å²) in [6.45, 7) is 0. The third-order valence-electron chi connectivity index (χ3n) is 19.5. The van der Waals surface area contributed by atoms with E-state index in [2.05, 4.69) is 270 Å². The molecule has 424 valence electrons. The molecule has 14 aromatic carbocycles. The van der Waals surface area contributed by atoms with Gasteiger partial charge < -0.3 is 4.42 Å². The summed E-state index contributed by atoms with van der Waals surface area (Å²) >= 11 is 1.72. The van der Waals surface area contributed by atoms with Crippen molar-refractivity contribution < 1.29 is 4.42 Å². The first kappa shape index (κ1) is 49.8. The van der Waals surface area contributed by atoms with Crippen molar-refractivity contribution in [2.24, 2.45) is 0 Å². The molecule has 0 N–H and O–H groups in total. The topological polar surface area (TPSA) is 74.6 Å². The molecule has 0 bridgehead atoms. The molecule has 0 unspecified atom stereocenters. The number of rotatable bonds is 4. The van der Waals surface area contributed by atoms with Crippen molar-refractivity contribution in [2.75, 3.05) is 0 Å². The molecule has 0 aliphatic heterocycles. The highest BCUT2D eigenvalue weighted by molar-refractivity contribution is 7.25. The second-order valence-electron chi connectivity index (χ2n) is 24.3. The molecule has 92 heavy (non-hydrogen) atoms. The van der Waals surface area contributed by atoms with Gasteiger partial charge in [0.05, 0.1) is 22.1 Å². The van der Waals surface area contributed by atoms with Gasteiger partial charge >= 0.3 is 0 Å². The maximum Gasteiger partial charge on any atom is 0.247 e. The van der Waals surface area contributed by atoms with E-state index in [1.807, 2.05) is 18.2 Å². The molecule has 7 nitrogen and oxygen atoms in total. The van der Waals surface area contributed by atoms with Crippen LogP contribution in [0.4, 0.5) is 0 Å². The molecule has 8 heteroatoms. The molecular formula is C84H46N6OS. The Morgan fingerprint density at radius 3 is 1.23 bits per heavy atom. The van der Waals surface area contributed by atoms with E-state index in [-0.39, 0.29) is 0 Å². The summed E-state index contributed by atoms with van der Waals surface area (Å²) in [4.78, 5) is 22.9. The number of para-hydroxylation sites is 3. The van der Waals surface area contributed by atoms with Crippen molar-refractivity contribution in [3.05, 3.63) is 279 Å². The molecule has 22 rings (SSSR count). The molecule has 2 aliphatic rings. The van der Waals surface area contributed by atoms with Gasteiger partial charge in [-0.1, -0.05) is 224 Å². The number of nitrogens with zero attached hydrogens (tertiary/aromatic N) is 6. The van der Waals surface area contributed by atoms with E-state index in [9.17, 15) is 0 Å². The fourth-order valence-corrected chi connectivity index (χ4v) is 16.5. The SMILES string of the molecule is c1ccc2c(c1)-c1cccc3c(-c4nc5oc6ccccc6c5nc4-n4c5ccccc5c5cc6ccccc6cc54)ccc-2c13.c1ccc2c(c1)-c1cccc3c(-c4nc5sc6ccccc6c5nc4-n4c5ccccc5c5cc6ccccc6cc54)ccc-2c13. The molecule has 0 amide bonds. The molecule has 6 aromatic heterocycles. The van der Waals surface area contributed by atoms with Crippen LogP contribution in [0.5, 0.6) is 0 Å². The molecule has 20 aromatic rings. The molecule has 0 radical (unpaired) electrons. The van der Waals surface area contributed by atoms with E-state index in [0.717, 1.165) is 93.8 Å². The Morgan fingerprint density at radius 1 is 0.272 bits per heavy atom. The second-order valence-corrected chi connectivity index (χ2v) is 25.3. The lowest BCUT2D eigenvalue weighted by atomic mass is 9.96. The number of aromatic nitrogens is 6. The standard InChI is InChI=1S/C42H23N3O.C42H23N3S/c2*1-2-11-25-23-36-34(22-24(25)10-1)28-14-5-7-18-35(28)45(36)41-39(44-42-40(43-41)33-15-6-8-19-37(33)46-42)32-21-20-31-27-13-4-3-12-26(27)29-16-9-17-30(32)38(29)31/h2*1-23H. The highest BCUT2D eigenvalue weighted by atomic mass is 32.1. The third-order valence-corrected chi connectivity index (χ3v) is 20.6. The maximum absolute atomic E-state index is 6.36. The van der Waals surface area contributed by atoms with E-state index in [1.165, 1.54) is 108 Å². The minimum Gasteiger partial charge on any atom is -0.436 e. The summed E-state index contributed by atoms with van der Waals surface area (Å²) in [5.41, 5.74) is 21.5. The molecular weight excluding hydrogens is 1140 g/mol. The quantitative estimate of drug-likeness (QED) is 0.176. The molecule has 2 aliphatic carbocycles. The van der Waals surface area contributed by atoms with Gasteiger partial charge in [0.1, 0.15) is 32.8 Å². The van der Waals surface area contributed by atoms with Crippen LogP contribution in [0, 0.1) is 0 Å². The van der Waals surface area contributed by atoms with Crippen LogP contribution in [0.1, 0.15) is 0 Å². The van der Waals surface area contributed by atoms with Crippen molar-refractivity contribution in [3.8, 4) is 78.7 Å². The minimum atomic E-state index is 0.540. The summed E-state index contributed by atoms with van der Waals surface area (Å²) in [6.07, 6.45) is 0. The van der Waals surface area contributed by atoms with Gasteiger partial charge in [-0.2, -0.15) is 0 Å². The number of hydrogen-bond acceptors (Lipinski definition) is 6. The summed E-state index contributed by atoms with van der Waals surface area (Å²) in [5, 5.41) is 16.6. The van der Waals surface area contributed by atoms with Crippen LogP contribution in [-0.2, 0) is 0 Å². The van der Waals surface area contributed by atoms with Gasteiger partial charge in [0, 0.05) is 48.1 Å². The molecule has 0 saturated carbocycles. The summed E-state index contributed by atoms with van der Waals surface area (Å²) in [6, 6.07) is 100. The first-order chi connectivity index (χ1) is 45.6. The van der Waals surface area contributed by atoms with E-state index >= 15 is 0 Å². The minimum absolute atomic E-state index is 0.540. The van der Waals surface area contributed by atoms with Crippen LogP contribution in [0.25, 0.3) is 208 Å². The highest BCUT2D eigenvalue weighted by Gasteiger charge is 2.29. The van der Waals surface area contributed by atoms with Crippen molar-refractivity contribution in [2.45, 2.75) is 0 Å². The molecule has 0 fully saturated rings. The highest BCUT2D eigenvalue weighted by Crippen LogP contribution is 2.53. The number of furan rings is 1. The molecule has 6 heterocycles. The zero-order chi connectivity index (χ0) is 59.9. The Bertz CT molecular complexity index is 6200. The Hall–Kier alpha value is -12.1. The number of thiophene rings is 1. The number of fused-ring (bicyclic) bond motifs is 20. The van der Waals surface area contributed by atoms with Gasteiger partial charge in [0.15, 0.2) is 11.6 Å². The summed E-state index contributed by atoms with van der Waals surface area (Å²) < 4.78 is 12.2. The molecule has 0 saturated heterocycles. The van der Waals surface area contributed by atoms with Crippen molar-refractivity contribution in [1.82, 2.24) is 29.1 Å². The Labute approximate surface area is 528 Å². The van der Waals surface area contributed by atoms with Crippen LogP contribution in [0.3, 0.4) is 0 Å². The average molecular weight is 1190 g/mol. The zero-order valence-corrected chi connectivity index (χ0v) is 49.9. The van der Waals surface area contributed by atoms with E-state index in [4.69, 9.17) is 24.4 Å². The molecule has 0 atom stereocenters. The fraction of sp³-hybridized carbons (Fsp3) is 0. The largest absolute Gasteiger partial charge is 0.436 e. The van der Waals surface area contributed by atoms with Crippen molar-refractivity contribution in [3.63, 3.8) is 0 Å². The second kappa shape index (κ2) is 18.7. The predicted octanol–water partition coefficient (Wildman–Crippen LogP) is 22.7. The predicted molar refractivity (Wildman–Crippen MR) is 383 cm³/mol. The van der Waals surface area contributed by atoms with Gasteiger partial charge in [-0.25, -0.2) is 19.9 Å². The fourth-order valence-electron chi connectivity index (χ4n) is 15.5. The van der Waals surface area contributed by atoms with Crippen molar-refractivity contribution >= 4 is 141 Å². The Balaban J connectivity index is 0.000000124. The van der Waals surface area contributed by atoms with E-state index < -0.39 is 0 Å². The van der Waals surface area contributed by atoms with Gasteiger partial charge in [0.25, 0.3) is 0 Å². The lowest BCUT2D eigenvalue weighted by molar-refractivity contribution is 0.653. The third kappa shape index (κ3) is 6.93. The Kier molecular flexibility index (Phi) is 10.1. The normalized spacial score (nSPS) is 12.3. The maximum atomic E-state index is 6.36.